The van der Waals surface area contributed by atoms with Crippen molar-refractivity contribution >= 4 is 28.8 Å². The summed E-state index contributed by atoms with van der Waals surface area (Å²) < 4.78 is 85.4. The Balaban J connectivity index is 1.14. The number of fused-ring (bicyclic) bond motifs is 2. The molecule has 1 unspecified atom stereocenters. The van der Waals surface area contributed by atoms with Crippen LogP contribution in [0, 0.1) is 0 Å². The van der Waals surface area contributed by atoms with Gasteiger partial charge in [0.15, 0.2) is 0 Å². The second-order valence-corrected chi connectivity index (χ2v) is 14.4. The summed E-state index contributed by atoms with van der Waals surface area (Å²) >= 11 is 0. The molecule has 2 saturated heterocycles. The zero-order chi connectivity index (χ0) is 38.0. The number of carbonyl (C=O) groups is 2. The minimum Gasteiger partial charge on any atom is -0.328 e. The van der Waals surface area contributed by atoms with Crippen molar-refractivity contribution in [1.29, 1.82) is 0 Å². The second kappa shape index (κ2) is 15.5. The van der Waals surface area contributed by atoms with Gasteiger partial charge in [-0.3, -0.25) is 0 Å². The van der Waals surface area contributed by atoms with Crippen molar-refractivity contribution in [3.8, 4) is 0 Å². The molecule has 0 radical (unpaired) electrons. The maximum atomic E-state index is 14.0. The first-order valence-corrected chi connectivity index (χ1v) is 18.5. The van der Waals surface area contributed by atoms with Crippen LogP contribution < -0.4 is 10.6 Å². The van der Waals surface area contributed by atoms with Gasteiger partial charge in [0.05, 0.1) is 28.2 Å². The molecule has 288 valence electrons. The van der Waals surface area contributed by atoms with Crippen LogP contribution in [0.5, 0.6) is 0 Å². The van der Waals surface area contributed by atoms with Crippen molar-refractivity contribution in [3.05, 3.63) is 94.8 Å². The van der Waals surface area contributed by atoms with Crippen LogP contribution in [0.4, 0.5) is 41.6 Å². The number of para-hydroxylation sites is 3. The lowest BCUT2D eigenvalue weighted by Crippen LogP contribution is -2.52. The van der Waals surface area contributed by atoms with Crippen molar-refractivity contribution < 1.29 is 35.9 Å². The van der Waals surface area contributed by atoms with E-state index >= 15 is 0 Å². The Labute approximate surface area is 309 Å². The molecule has 3 aromatic carbocycles. The third kappa shape index (κ3) is 8.45. The second-order valence-electron chi connectivity index (χ2n) is 14.4. The number of halogens is 6. The van der Waals surface area contributed by atoms with E-state index in [-0.39, 0.29) is 30.1 Å². The van der Waals surface area contributed by atoms with Gasteiger partial charge in [-0.15, -0.1) is 0 Å². The Hall–Kier alpha value is -4.79. The van der Waals surface area contributed by atoms with Crippen LogP contribution in [0.3, 0.4) is 0 Å². The largest absolute Gasteiger partial charge is 0.416 e. The van der Waals surface area contributed by atoms with Crippen molar-refractivity contribution in [2.24, 2.45) is 0 Å². The first-order chi connectivity index (χ1) is 25.8. The van der Waals surface area contributed by atoms with E-state index in [0.29, 0.717) is 68.9 Å². The number of anilines is 1. The molecular formula is C39H43F6N7O2. The number of nitrogens with zero attached hydrogens (tertiary/aromatic N) is 5. The number of benzene rings is 3. The fourth-order valence-corrected chi connectivity index (χ4v) is 7.99. The molecule has 15 heteroatoms. The predicted octanol–water partition coefficient (Wildman–Crippen LogP) is 8.11. The van der Waals surface area contributed by atoms with Gasteiger partial charge in [0.2, 0.25) is 0 Å². The summed E-state index contributed by atoms with van der Waals surface area (Å²) in [5.74, 6) is 0.354. The number of likely N-dealkylation sites (tertiary alicyclic amines) is 2. The molecule has 3 aliphatic heterocycles. The van der Waals surface area contributed by atoms with E-state index < -0.39 is 35.6 Å². The van der Waals surface area contributed by atoms with Gasteiger partial charge < -0.3 is 29.9 Å². The minimum absolute atomic E-state index is 0.109. The van der Waals surface area contributed by atoms with Gasteiger partial charge in [0.1, 0.15) is 5.82 Å². The highest BCUT2D eigenvalue weighted by molar-refractivity contribution is 5.91. The van der Waals surface area contributed by atoms with Gasteiger partial charge in [0, 0.05) is 37.9 Å². The van der Waals surface area contributed by atoms with E-state index in [0.717, 1.165) is 55.7 Å². The SMILES string of the molecule is O=C(NC(Cc1cc(C(F)(F)F)cc(C(F)(F)F)c1)c1nc2ccccc2n1CCCN1CCCC1)N1CCC(N2CCc3ccccc3NC2=O)CC1. The molecule has 1 aromatic heterocycles. The molecule has 4 aromatic rings. The normalized spacial score (nSPS) is 18.1. The first-order valence-electron chi connectivity index (χ1n) is 18.5. The lowest BCUT2D eigenvalue weighted by atomic mass is 9.98. The molecule has 54 heavy (non-hydrogen) atoms. The topological polar surface area (TPSA) is 85.7 Å². The predicted molar refractivity (Wildman–Crippen MR) is 192 cm³/mol. The number of carbonyl (C=O) groups excluding carboxylic acids is 2. The number of urea groups is 2. The fraction of sp³-hybridized carbons (Fsp3) is 0.462. The van der Waals surface area contributed by atoms with E-state index in [1.165, 1.54) is 0 Å². The summed E-state index contributed by atoms with van der Waals surface area (Å²) in [4.78, 5) is 37.7. The molecule has 1 atom stereocenters. The van der Waals surface area contributed by atoms with Gasteiger partial charge in [-0.05, 0) is 112 Å². The highest BCUT2D eigenvalue weighted by Crippen LogP contribution is 2.37. The number of alkyl halides is 6. The lowest BCUT2D eigenvalue weighted by Gasteiger charge is -2.38. The average molecular weight is 756 g/mol. The van der Waals surface area contributed by atoms with Crippen molar-refractivity contribution in [2.75, 3.05) is 44.6 Å². The summed E-state index contributed by atoms with van der Waals surface area (Å²) in [5.41, 5.74) is 0.112. The van der Waals surface area contributed by atoms with E-state index in [2.05, 4.69) is 15.5 Å². The monoisotopic (exact) mass is 755 g/mol. The number of aryl methyl sites for hydroxylation is 1. The summed E-state index contributed by atoms with van der Waals surface area (Å²) in [7, 11) is 0. The summed E-state index contributed by atoms with van der Waals surface area (Å²) in [6.07, 6.45) is -5.73. The van der Waals surface area contributed by atoms with Crippen LogP contribution in [0.1, 0.15) is 66.2 Å². The minimum atomic E-state index is -5.02. The highest BCUT2D eigenvalue weighted by Gasteiger charge is 2.38. The Bertz CT molecular complexity index is 1930. The van der Waals surface area contributed by atoms with Gasteiger partial charge in [-0.2, -0.15) is 26.3 Å². The van der Waals surface area contributed by atoms with E-state index in [1.807, 2.05) is 41.0 Å². The van der Waals surface area contributed by atoms with Gasteiger partial charge >= 0.3 is 24.4 Å². The third-order valence-corrected chi connectivity index (χ3v) is 10.8. The van der Waals surface area contributed by atoms with Crippen LogP contribution in [0.25, 0.3) is 11.0 Å². The number of nitrogens with one attached hydrogen (secondary N) is 2. The number of hydrogen-bond acceptors (Lipinski definition) is 4. The number of rotatable bonds is 9. The quantitative estimate of drug-likeness (QED) is 0.169. The smallest absolute Gasteiger partial charge is 0.328 e. The van der Waals surface area contributed by atoms with Crippen LogP contribution in [0.15, 0.2) is 66.7 Å². The van der Waals surface area contributed by atoms with Gasteiger partial charge in [-0.1, -0.05) is 30.3 Å². The first kappa shape index (κ1) is 37.5. The highest BCUT2D eigenvalue weighted by atomic mass is 19.4. The van der Waals surface area contributed by atoms with E-state index in [1.54, 1.807) is 21.9 Å². The van der Waals surface area contributed by atoms with Gasteiger partial charge in [0.25, 0.3) is 0 Å². The Morgan fingerprint density at radius 2 is 1.52 bits per heavy atom. The van der Waals surface area contributed by atoms with Crippen molar-refractivity contribution in [2.45, 2.75) is 75.9 Å². The molecule has 0 spiro atoms. The molecule has 4 heterocycles. The molecule has 0 aliphatic carbocycles. The van der Waals surface area contributed by atoms with E-state index in [4.69, 9.17) is 4.98 Å². The fourth-order valence-electron chi connectivity index (χ4n) is 7.99. The Morgan fingerprint density at radius 1 is 0.852 bits per heavy atom. The van der Waals surface area contributed by atoms with Gasteiger partial charge in [-0.25, -0.2) is 14.6 Å². The molecule has 9 nitrogen and oxygen atoms in total. The molecule has 4 amide bonds. The van der Waals surface area contributed by atoms with Crippen LogP contribution >= 0.6 is 0 Å². The molecule has 3 aliphatic rings. The third-order valence-electron chi connectivity index (χ3n) is 10.8. The molecule has 0 bridgehead atoms. The average Bonchev–Trinajstić information content (AvgIpc) is 3.76. The summed E-state index contributed by atoms with van der Waals surface area (Å²) in [5, 5.41) is 5.95. The van der Waals surface area contributed by atoms with Crippen LogP contribution in [-0.2, 0) is 31.7 Å². The maximum absolute atomic E-state index is 14.0. The molecule has 7 rings (SSSR count). The zero-order valence-corrected chi connectivity index (χ0v) is 29.7. The molecular weight excluding hydrogens is 712 g/mol. The standard InChI is InChI=1S/C39H43F6N7O2/c40-38(41,42)28-22-26(23-29(25-28)39(43,44)45)24-33(35-46-32-10-3-4-11-34(32)52(35)18-7-17-49-15-5-6-16-49)48-36(53)50-19-13-30(14-20-50)51-21-12-27-8-1-2-9-31(27)47-37(51)54/h1-4,8-11,22-23,25,30,33H,5-7,12-21,24H2,(H,47,54)(H,48,53). The Morgan fingerprint density at radius 3 is 2.22 bits per heavy atom. The molecule has 2 fully saturated rings. The van der Waals surface area contributed by atoms with Crippen LogP contribution in [-0.4, -0.2) is 81.6 Å². The zero-order valence-electron chi connectivity index (χ0n) is 29.7. The van der Waals surface area contributed by atoms with E-state index in [9.17, 15) is 35.9 Å². The number of hydrogen-bond donors (Lipinski definition) is 2. The molecule has 2 N–H and O–H groups in total. The van der Waals surface area contributed by atoms with Crippen molar-refractivity contribution in [1.82, 2.24) is 29.6 Å². The number of imidazole rings is 1. The number of amides is 4. The maximum Gasteiger partial charge on any atom is 0.416 e. The lowest BCUT2D eigenvalue weighted by molar-refractivity contribution is -0.143. The molecule has 0 saturated carbocycles. The summed E-state index contributed by atoms with van der Waals surface area (Å²) in [6, 6.07) is 14.6. The van der Waals surface area contributed by atoms with Crippen LogP contribution in [0.2, 0.25) is 0 Å². The Kier molecular flexibility index (Phi) is 10.8. The van der Waals surface area contributed by atoms with Crippen molar-refractivity contribution in [3.63, 3.8) is 0 Å². The number of piperidine rings is 1. The number of aromatic nitrogens is 2. The summed E-state index contributed by atoms with van der Waals surface area (Å²) in [6.45, 7) is 4.43.